The second kappa shape index (κ2) is 6.63. The van der Waals surface area contributed by atoms with Gasteiger partial charge in [0.2, 0.25) is 0 Å². The third-order valence-electron chi connectivity index (χ3n) is 3.54. The zero-order chi connectivity index (χ0) is 13.7. The summed E-state index contributed by atoms with van der Waals surface area (Å²) in [7, 11) is 3.13. The van der Waals surface area contributed by atoms with Gasteiger partial charge in [0.15, 0.2) is 0 Å². The summed E-state index contributed by atoms with van der Waals surface area (Å²) in [5.41, 5.74) is 1.40. The molecule has 0 saturated heterocycles. The molecule has 1 aliphatic rings. The van der Waals surface area contributed by atoms with E-state index < -0.39 is 0 Å². The highest BCUT2D eigenvalue weighted by atomic mass is 16.5. The van der Waals surface area contributed by atoms with E-state index in [1.54, 1.807) is 19.4 Å². The Bertz CT molecular complexity index is 419. The Morgan fingerprint density at radius 2 is 2.26 bits per heavy atom. The predicted octanol–water partition coefficient (Wildman–Crippen LogP) is 1.53. The number of rotatable bonds is 5. The van der Waals surface area contributed by atoms with Crippen LogP contribution in [-0.4, -0.2) is 37.3 Å². The number of hydrogen-bond acceptors (Lipinski definition) is 5. The molecule has 1 N–H and O–H groups in total. The SMILES string of the molecule is COC(=O)c1ccc(CNC2CCC(OC)C2)nc1. The van der Waals surface area contributed by atoms with Gasteiger partial charge in [-0.15, -0.1) is 0 Å². The van der Waals surface area contributed by atoms with Crippen LogP contribution in [0.1, 0.15) is 35.3 Å². The summed E-state index contributed by atoms with van der Waals surface area (Å²) in [4.78, 5) is 15.5. The molecule has 5 nitrogen and oxygen atoms in total. The van der Waals surface area contributed by atoms with Gasteiger partial charge in [-0.3, -0.25) is 4.98 Å². The normalized spacial score (nSPS) is 22.4. The molecule has 2 unspecified atom stereocenters. The van der Waals surface area contributed by atoms with Gasteiger partial charge in [0.1, 0.15) is 0 Å². The lowest BCUT2D eigenvalue weighted by Gasteiger charge is -2.12. The van der Waals surface area contributed by atoms with Crippen LogP contribution >= 0.6 is 0 Å². The Morgan fingerprint density at radius 3 is 2.84 bits per heavy atom. The zero-order valence-electron chi connectivity index (χ0n) is 11.4. The fourth-order valence-electron chi connectivity index (χ4n) is 2.36. The smallest absolute Gasteiger partial charge is 0.339 e. The van der Waals surface area contributed by atoms with Gasteiger partial charge in [0.05, 0.1) is 24.5 Å². The third-order valence-corrected chi connectivity index (χ3v) is 3.54. The summed E-state index contributed by atoms with van der Waals surface area (Å²) < 4.78 is 9.97. The van der Waals surface area contributed by atoms with E-state index >= 15 is 0 Å². The maximum atomic E-state index is 11.3. The van der Waals surface area contributed by atoms with Gasteiger partial charge < -0.3 is 14.8 Å². The summed E-state index contributed by atoms with van der Waals surface area (Å²) in [6.07, 6.45) is 5.24. The fourth-order valence-corrected chi connectivity index (χ4v) is 2.36. The molecule has 1 aromatic rings. The minimum absolute atomic E-state index is 0.356. The molecule has 5 heteroatoms. The molecule has 2 rings (SSSR count). The topological polar surface area (TPSA) is 60.5 Å². The second-order valence-electron chi connectivity index (χ2n) is 4.78. The highest BCUT2D eigenvalue weighted by molar-refractivity contribution is 5.88. The van der Waals surface area contributed by atoms with Crippen molar-refractivity contribution in [2.75, 3.05) is 14.2 Å². The van der Waals surface area contributed by atoms with Crippen LogP contribution in [0.15, 0.2) is 18.3 Å². The summed E-state index contributed by atoms with van der Waals surface area (Å²) in [5, 5.41) is 3.47. The summed E-state index contributed by atoms with van der Waals surface area (Å²) in [5.74, 6) is -0.356. The number of ether oxygens (including phenoxy) is 2. The van der Waals surface area contributed by atoms with E-state index in [4.69, 9.17) is 4.74 Å². The van der Waals surface area contributed by atoms with Crippen LogP contribution in [0.5, 0.6) is 0 Å². The molecule has 1 aromatic heterocycles. The van der Waals surface area contributed by atoms with Crippen molar-refractivity contribution >= 4 is 5.97 Å². The number of aromatic nitrogens is 1. The lowest BCUT2D eigenvalue weighted by molar-refractivity contribution is 0.0600. The van der Waals surface area contributed by atoms with E-state index in [1.807, 2.05) is 6.07 Å². The first-order chi connectivity index (χ1) is 9.22. The van der Waals surface area contributed by atoms with Gasteiger partial charge in [-0.25, -0.2) is 4.79 Å². The Balaban J connectivity index is 1.82. The van der Waals surface area contributed by atoms with Crippen molar-refractivity contribution in [1.29, 1.82) is 0 Å². The van der Waals surface area contributed by atoms with Gasteiger partial charge >= 0.3 is 5.97 Å². The summed E-state index contributed by atoms with van der Waals surface area (Å²) in [6.45, 7) is 0.711. The number of hydrogen-bond donors (Lipinski definition) is 1. The zero-order valence-corrected chi connectivity index (χ0v) is 11.4. The molecule has 1 heterocycles. The van der Waals surface area contributed by atoms with Gasteiger partial charge in [0, 0.05) is 25.9 Å². The summed E-state index contributed by atoms with van der Waals surface area (Å²) in [6, 6.07) is 4.08. The van der Waals surface area contributed by atoms with E-state index in [-0.39, 0.29) is 5.97 Å². The predicted molar refractivity (Wildman–Crippen MR) is 70.9 cm³/mol. The lowest BCUT2D eigenvalue weighted by Crippen LogP contribution is -2.27. The highest BCUT2D eigenvalue weighted by Gasteiger charge is 2.23. The molecule has 2 atom stereocenters. The van der Waals surface area contributed by atoms with Crippen LogP contribution < -0.4 is 5.32 Å². The van der Waals surface area contributed by atoms with Crippen LogP contribution in [0, 0.1) is 0 Å². The molecule has 104 valence electrons. The number of carbonyl (C=O) groups excluding carboxylic acids is 1. The largest absolute Gasteiger partial charge is 0.465 e. The van der Waals surface area contributed by atoms with Crippen molar-refractivity contribution in [1.82, 2.24) is 10.3 Å². The van der Waals surface area contributed by atoms with Crippen LogP contribution in [0.3, 0.4) is 0 Å². The lowest BCUT2D eigenvalue weighted by atomic mass is 10.2. The van der Waals surface area contributed by atoms with Crippen LogP contribution in [0.2, 0.25) is 0 Å². The number of nitrogens with one attached hydrogen (secondary N) is 1. The standard InChI is InChI=1S/C14H20N2O3/c1-18-13-6-5-11(7-13)16-9-12-4-3-10(8-15-12)14(17)19-2/h3-4,8,11,13,16H,5-7,9H2,1-2H3. The first-order valence-corrected chi connectivity index (χ1v) is 6.52. The van der Waals surface area contributed by atoms with Gasteiger partial charge in [0.25, 0.3) is 0 Å². The van der Waals surface area contributed by atoms with Crippen molar-refractivity contribution in [3.63, 3.8) is 0 Å². The van der Waals surface area contributed by atoms with E-state index in [9.17, 15) is 4.79 Å². The Kier molecular flexibility index (Phi) is 4.87. The Morgan fingerprint density at radius 1 is 1.42 bits per heavy atom. The number of methoxy groups -OCH3 is 2. The molecule has 1 saturated carbocycles. The summed E-state index contributed by atoms with van der Waals surface area (Å²) >= 11 is 0. The highest BCUT2D eigenvalue weighted by Crippen LogP contribution is 2.21. The monoisotopic (exact) mass is 264 g/mol. The van der Waals surface area contributed by atoms with Crippen LogP contribution in [0.25, 0.3) is 0 Å². The molecule has 0 aliphatic heterocycles. The molecule has 0 radical (unpaired) electrons. The number of carbonyl (C=O) groups is 1. The average Bonchev–Trinajstić information content (AvgIpc) is 2.93. The molecular weight excluding hydrogens is 244 g/mol. The molecule has 0 bridgehead atoms. The van der Waals surface area contributed by atoms with Crippen molar-refractivity contribution in [2.24, 2.45) is 0 Å². The maximum absolute atomic E-state index is 11.3. The second-order valence-corrected chi connectivity index (χ2v) is 4.78. The average molecular weight is 264 g/mol. The Labute approximate surface area is 113 Å². The van der Waals surface area contributed by atoms with Gasteiger partial charge in [-0.05, 0) is 31.4 Å². The van der Waals surface area contributed by atoms with E-state index in [2.05, 4.69) is 15.0 Å². The van der Waals surface area contributed by atoms with E-state index in [1.165, 1.54) is 7.11 Å². The molecule has 0 aromatic carbocycles. The number of pyridine rings is 1. The van der Waals surface area contributed by atoms with Gasteiger partial charge in [-0.2, -0.15) is 0 Å². The minimum atomic E-state index is -0.356. The van der Waals surface area contributed by atoms with Crippen molar-refractivity contribution in [3.05, 3.63) is 29.6 Å². The maximum Gasteiger partial charge on any atom is 0.339 e. The van der Waals surface area contributed by atoms with Gasteiger partial charge in [-0.1, -0.05) is 0 Å². The quantitative estimate of drug-likeness (QED) is 0.817. The minimum Gasteiger partial charge on any atom is -0.465 e. The first kappa shape index (κ1) is 14.0. The van der Waals surface area contributed by atoms with E-state index in [0.29, 0.717) is 24.3 Å². The number of esters is 1. The fraction of sp³-hybridized carbons (Fsp3) is 0.571. The molecule has 1 fully saturated rings. The Hall–Kier alpha value is -1.46. The molecule has 1 aliphatic carbocycles. The molecular formula is C14H20N2O3. The number of nitrogens with zero attached hydrogens (tertiary/aromatic N) is 1. The molecule has 0 spiro atoms. The van der Waals surface area contributed by atoms with Crippen LogP contribution in [-0.2, 0) is 16.0 Å². The molecule has 19 heavy (non-hydrogen) atoms. The molecule has 0 amide bonds. The van der Waals surface area contributed by atoms with Crippen molar-refractivity contribution in [3.8, 4) is 0 Å². The van der Waals surface area contributed by atoms with Crippen molar-refractivity contribution in [2.45, 2.75) is 38.0 Å². The third kappa shape index (κ3) is 3.75. The van der Waals surface area contributed by atoms with Crippen LogP contribution in [0.4, 0.5) is 0 Å². The first-order valence-electron chi connectivity index (χ1n) is 6.52. The van der Waals surface area contributed by atoms with Crippen molar-refractivity contribution < 1.29 is 14.3 Å². The van der Waals surface area contributed by atoms with E-state index in [0.717, 1.165) is 25.0 Å².